The summed E-state index contributed by atoms with van der Waals surface area (Å²) in [5, 5.41) is -0.272. The standard InChI is InChI=1S/C9H17O5P/c1-5-13-9(10)8(7(3)4)15(11,12)14-6-2/h5-6H2,1-4H3,(H,11,12). The highest BCUT2D eigenvalue weighted by molar-refractivity contribution is 7.59. The third-order valence-electron chi connectivity index (χ3n) is 1.53. The number of ether oxygens (including phenoxy) is 1. The molecule has 0 fully saturated rings. The highest BCUT2D eigenvalue weighted by Crippen LogP contribution is 2.52. The van der Waals surface area contributed by atoms with E-state index in [1.165, 1.54) is 0 Å². The molecule has 0 aromatic rings. The highest BCUT2D eigenvalue weighted by Gasteiger charge is 2.33. The number of carbonyl (C=O) groups excluding carboxylic acids is 1. The van der Waals surface area contributed by atoms with Gasteiger partial charge in [-0.2, -0.15) is 0 Å². The Labute approximate surface area is 89.6 Å². The molecule has 15 heavy (non-hydrogen) atoms. The van der Waals surface area contributed by atoms with Gasteiger partial charge >= 0.3 is 13.6 Å². The van der Waals surface area contributed by atoms with E-state index in [-0.39, 0.29) is 18.5 Å². The molecule has 0 rings (SSSR count). The van der Waals surface area contributed by atoms with Crippen molar-refractivity contribution in [3.05, 3.63) is 10.9 Å². The van der Waals surface area contributed by atoms with Gasteiger partial charge in [0.25, 0.3) is 0 Å². The highest BCUT2D eigenvalue weighted by atomic mass is 31.2. The molecule has 0 aliphatic heterocycles. The van der Waals surface area contributed by atoms with E-state index in [1.807, 2.05) is 0 Å². The van der Waals surface area contributed by atoms with Crippen LogP contribution in [0.25, 0.3) is 0 Å². The lowest BCUT2D eigenvalue weighted by Gasteiger charge is -2.14. The fourth-order valence-electron chi connectivity index (χ4n) is 1.04. The molecule has 1 unspecified atom stereocenters. The monoisotopic (exact) mass is 236 g/mol. The van der Waals surface area contributed by atoms with E-state index in [4.69, 9.17) is 0 Å². The number of hydrogen-bond donors (Lipinski definition) is 1. The summed E-state index contributed by atoms with van der Waals surface area (Å²) >= 11 is 0. The Morgan fingerprint density at radius 2 is 1.80 bits per heavy atom. The zero-order valence-electron chi connectivity index (χ0n) is 9.44. The molecular weight excluding hydrogens is 219 g/mol. The van der Waals surface area contributed by atoms with Crippen LogP contribution in [0.1, 0.15) is 27.7 Å². The van der Waals surface area contributed by atoms with Crippen molar-refractivity contribution in [3.8, 4) is 0 Å². The fourth-order valence-corrected chi connectivity index (χ4v) is 2.38. The van der Waals surface area contributed by atoms with E-state index in [0.29, 0.717) is 5.57 Å². The fraction of sp³-hybridized carbons (Fsp3) is 0.667. The minimum Gasteiger partial charge on any atom is -0.462 e. The molecule has 6 heteroatoms. The van der Waals surface area contributed by atoms with Crippen molar-refractivity contribution in [3.63, 3.8) is 0 Å². The molecule has 0 aliphatic rings. The maximum Gasteiger partial charge on any atom is 0.366 e. The summed E-state index contributed by atoms with van der Waals surface area (Å²) in [4.78, 5) is 20.9. The summed E-state index contributed by atoms with van der Waals surface area (Å²) < 4.78 is 21.0. The largest absolute Gasteiger partial charge is 0.462 e. The third-order valence-corrected chi connectivity index (χ3v) is 3.33. The predicted octanol–water partition coefficient (Wildman–Crippen LogP) is 2.07. The molecule has 0 aromatic heterocycles. The molecule has 0 amide bonds. The van der Waals surface area contributed by atoms with Crippen LogP contribution in [0.2, 0.25) is 0 Å². The van der Waals surface area contributed by atoms with Gasteiger partial charge in [0.15, 0.2) is 0 Å². The Balaban J connectivity index is 5.10. The van der Waals surface area contributed by atoms with Gasteiger partial charge in [0.2, 0.25) is 0 Å². The average Bonchev–Trinajstić information content (AvgIpc) is 2.02. The lowest BCUT2D eigenvalue weighted by atomic mass is 10.3. The number of esters is 1. The van der Waals surface area contributed by atoms with E-state index >= 15 is 0 Å². The minimum absolute atomic E-state index is 0.0595. The second kappa shape index (κ2) is 6.05. The Hall–Kier alpha value is -0.640. The number of carbonyl (C=O) groups is 1. The zero-order chi connectivity index (χ0) is 12.1. The lowest BCUT2D eigenvalue weighted by Crippen LogP contribution is -2.11. The van der Waals surface area contributed by atoms with Crippen molar-refractivity contribution < 1.29 is 23.5 Å². The predicted molar refractivity (Wildman–Crippen MR) is 56.5 cm³/mol. The molecule has 1 atom stereocenters. The van der Waals surface area contributed by atoms with Crippen LogP contribution in [0.15, 0.2) is 10.9 Å². The van der Waals surface area contributed by atoms with Crippen molar-refractivity contribution >= 4 is 13.6 Å². The Morgan fingerprint density at radius 3 is 2.13 bits per heavy atom. The van der Waals surface area contributed by atoms with Gasteiger partial charge in [-0.3, -0.25) is 4.57 Å². The molecule has 0 heterocycles. The quantitative estimate of drug-likeness (QED) is 0.449. The molecule has 0 aliphatic carbocycles. The molecule has 0 saturated heterocycles. The number of rotatable bonds is 5. The van der Waals surface area contributed by atoms with E-state index in [2.05, 4.69) is 9.26 Å². The molecule has 0 spiro atoms. The summed E-state index contributed by atoms with van der Waals surface area (Å²) in [6.07, 6.45) is 0. The maximum absolute atomic E-state index is 11.6. The molecule has 5 nitrogen and oxygen atoms in total. The maximum atomic E-state index is 11.6. The molecule has 0 bridgehead atoms. The van der Waals surface area contributed by atoms with Crippen LogP contribution in [-0.4, -0.2) is 24.1 Å². The number of hydrogen-bond acceptors (Lipinski definition) is 4. The first-order valence-corrected chi connectivity index (χ1v) is 6.27. The van der Waals surface area contributed by atoms with Gasteiger partial charge in [-0.25, -0.2) is 4.79 Å². The Kier molecular flexibility index (Phi) is 5.80. The normalized spacial score (nSPS) is 14.2. The summed E-state index contributed by atoms with van der Waals surface area (Å²) in [5.74, 6) is -0.795. The average molecular weight is 236 g/mol. The van der Waals surface area contributed by atoms with Crippen LogP contribution in [0.3, 0.4) is 0 Å². The van der Waals surface area contributed by atoms with Crippen LogP contribution in [0, 0.1) is 0 Å². The number of allylic oxidation sites excluding steroid dienone is 1. The van der Waals surface area contributed by atoms with Crippen molar-refractivity contribution in [1.29, 1.82) is 0 Å². The van der Waals surface area contributed by atoms with Crippen LogP contribution in [-0.2, 0) is 18.6 Å². The van der Waals surface area contributed by atoms with Crippen molar-refractivity contribution in [2.45, 2.75) is 27.7 Å². The minimum atomic E-state index is -4.04. The van der Waals surface area contributed by atoms with Crippen molar-refractivity contribution in [2.75, 3.05) is 13.2 Å². The van der Waals surface area contributed by atoms with E-state index in [1.54, 1.807) is 27.7 Å². The molecule has 0 aromatic carbocycles. The first-order valence-electron chi connectivity index (χ1n) is 4.69. The molecule has 0 radical (unpaired) electrons. The second-order valence-electron chi connectivity index (χ2n) is 3.01. The first-order chi connectivity index (χ1) is 6.86. The second-order valence-corrected chi connectivity index (χ2v) is 4.75. The summed E-state index contributed by atoms with van der Waals surface area (Å²) in [7, 11) is -4.04. The van der Waals surface area contributed by atoms with E-state index in [9.17, 15) is 14.3 Å². The molecule has 1 N–H and O–H groups in total. The van der Waals surface area contributed by atoms with Crippen molar-refractivity contribution in [1.82, 2.24) is 0 Å². The van der Waals surface area contributed by atoms with Gasteiger partial charge in [-0.05, 0) is 27.7 Å². The Bertz CT molecular complexity index is 304. The van der Waals surface area contributed by atoms with Crippen molar-refractivity contribution in [2.24, 2.45) is 0 Å². The molecule has 0 saturated carbocycles. The topological polar surface area (TPSA) is 72.8 Å². The van der Waals surface area contributed by atoms with Gasteiger partial charge in [0.05, 0.1) is 13.2 Å². The molecular formula is C9H17O5P. The molecule has 88 valence electrons. The van der Waals surface area contributed by atoms with Crippen LogP contribution in [0.4, 0.5) is 0 Å². The van der Waals surface area contributed by atoms with Gasteiger partial charge in [0.1, 0.15) is 5.31 Å². The first kappa shape index (κ1) is 14.4. The summed E-state index contributed by atoms with van der Waals surface area (Å²) in [6.45, 7) is 6.55. The zero-order valence-corrected chi connectivity index (χ0v) is 10.3. The summed E-state index contributed by atoms with van der Waals surface area (Å²) in [6, 6.07) is 0. The van der Waals surface area contributed by atoms with Crippen LogP contribution >= 0.6 is 7.60 Å². The Morgan fingerprint density at radius 1 is 1.27 bits per heavy atom. The van der Waals surface area contributed by atoms with E-state index < -0.39 is 13.6 Å². The van der Waals surface area contributed by atoms with Gasteiger partial charge in [0, 0.05) is 0 Å². The van der Waals surface area contributed by atoms with E-state index in [0.717, 1.165) is 0 Å². The third kappa shape index (κ3) is 4.16. The van der Waals surface area contributed by atoms with Crippen LogP contribution in [0.5, 0.6) is 0 Å². The van der Waals surface area contributed by atoms with Crippen LogP contribution < -0.4 is 0 Å². The van der Waals surface area contributed by atoms with Gasteiger partial charge in [-0.1, -0.05) is 5.57 Å². The SMILES string of the molecule is CCOC(=O)C(=C(C)C)P(=O)(O)OCC. The van der Waals surface area contributed by atoms with Gasteiger partial charge in [-0.15, -0.1) is 0 Å². The smallest absolute Gasteiger partial charge is 0.366 e. The van der Waals surface area contributed by atoms with Gasteiger partial charge < -0.3 is 14.2 Å². The summed E-state index contributed by atoms with van der Waals surface area (Å²) in [5.41, 5.74) is 0.424. The lowest BCUT2D eigenvalue weighted by molar-refractivity contribution is -0.137.